The molecule has 0 aliphatic rings. The highest BCUT2D eigenvalue weighted by atomic mass is 32.1. The molecule has 1 atom stereocenters. The molecule has 25 heavy (non-hydrogen) atoms. The minimum absolute atomic E-state index is 0.0358. The van der Waals surface area contributed by atoms with Gasteiger partial charge in [-0.05, 0) is 29.9 Å². The summed E-state index contributed by atoms with van der Waals surface area (Å²) < 4.78 is 29.1. The topological polar surface area (TPSA) is 75.6 Å². The van der Waals surface area contributed by atoms with Crippen LogP contribution in [0.3, 0.4) is 0 Å². The summed E-state index contributed by atoms with van der Waals surface area (Å²) >= 11 is 0.986. The second kappa shape index (κ2) is 9.12. The zero-order valence-electron chi connectivity index (χ0n) is 13.2. The third kappa shape index (κ3) is 6.15. The maximum absolute atomic E-state index is 12.4. The van der Waals surface area contributed by atoms with Crippen molar-refractivity contribution in [2.24, 2.45) is 0 Å². The van der Waals surface area contributed by atoms with E-state index in [1.165, 1.54) is 11.4 Å². The number of benzene rings is 1. The van der Waals surface area contributed by atoms with E-state index in [0.29, 0.717) is 6.42 Å². The molecule has 134 valence electrons. The number of hydrogen-bond donors (Lipinski definition) is 2. The number of aliphatic carboxylic acids is 1. The Labute approximate surface area is 147 Å². The molecule has 1 amide bonds. The molecule has 1 aromatic heterocycles. The number of amides is 1. The molecule has 0 spiro atoms. The zero-order valence-corrected chi connectivity index (χ0v) is 14.0. The molecular weight excluding hydrogens is 352 g/mol. The van der Waals surface area contributed by atoms with Crippen LogP contribution in [0.15, 0.2) is 41.8 Å². The van der Waals surface area contributed by atoms with Crippen molar-refractivity contribution in [2.75, 3.05) is 0 Å². The van der Waals surface area contributed by atoms with Gasteiger partial charge in [0.15, 0.2) is 0 Å². The molecule has 0 saturated heterocycles. The predicted octanol–water partition coefficient (Wildman–Crippen LogP) is 3.56. The molecule has 5 nitrogen and oxygen atoms in total. The van der Waals surface area contributed by atoms with Gasteiger partial charge in [-0.2, -0.15) is 8.78 Å². The number of nitrogens with one attached hydrogen (secondary N) is 1. The van der Waals surface area contributed by atoms with Crippen molar-refractivity contribution in [2.45, 2.75) is 31.9 Å². The van der Waals surface area contributed by atoms with Gasteiger partial charge < -0.3 is 15.2 Å². The van der Waals surface area contributed by atoms with Crippen LogP contribution in [0.1, 0.15) is 28.1 Å². The van der Waals surface area contributed by atoms with Crippen molar-refractivity contribution < 1.29 is 28.2 Å². The summed E-state index contributed by atoms with van der Waals surface area (Å²) in [7, 11) is 0. The van der Waals surface area contributed by atoms with Crippen LogP contribution in [-0.2, 0) is 11.2 Å². The molecule has 0 fully saturated rings. The van der Waals surface area contributed by atoms with Crippen LogP contribution in [0.4, 0.5) is 8.78 Å². The standard InChI is InChI=1S/C17H17F2NO4S/c18-17(19)24-13-8-9-25-15(13)16(23)20-12(6-7-14(21)22)10-11-4-2-1-3-5-11/h1-5,8-9,12,17H,6-7,10H2,(H,20,23)(H,21,22). The van der Waals surface area contributed by atoms with Crippen LogP contribution < -0.4 is 10.1 Å². The first-order valence-corrected chi connectivity index (χ1v) is 8.42. The lowest BCUT2D eigenvalue weighted by molar-refractivity contribution is -0.137. The van der Waals surface area contributed by atoms with Crippen LogP contribution in [0.2, 0.25) is 0 Å². The fraction of sp³-hybridized carbons (Fsp3) is 0.294. The minimum Gasteiger partial charge on any atom is -0.481 e. The van der Waals surface area contributed by atoms with Gasteiger partial charge in [-0.15, -0.1) is 11.3 Å². The first kappa shape index (κ1) is 18.9. The second-order valence-corrected chi connectivity index (χ2v) is 6.20. The Morgan fingerprint density at radius 3 is 2.56 bits per heavy atom. The Kier molecular flexibility index (Phi) is 6.88. The Hall–Kier alpha value is -2.48. The van der Waals surface area contributed by atoms with E-state index in [0.717, 1.165) is 16.9 Å². The van der Waals surface area contributed by atoms with E-state index in [2.05, 4.69) is 10.1 Å². The van der Waals surface area contributed by atoms with Crippen LogP contribution in [0.5, 0.6) is 5.75 Å². The molecule has 8 heteroatoms. The normalized spacial score (nSPS) is 12.0. The number of halogens is 2. The van der Waals surface area contributed by atoms with Gasteiger partial charge in [-0.25, -0.2) is 0 Å². The van der Waals surface area contributed by atoms with E-state index in [9.17, 15) is 18.4 Å². The van der Waals surface area contributed by atoms with Crippen molar-refractivity contribution in [1.82, 2.24) is 5.32 Å². The van der Waals surface area contributed by atoms with E-state index in [1.807, 2.05) is 30.3 Å². The largest absolute Gasteiger partial charge is 0.481 e. The lowest BCUT2D eigenvalue weighted by Gasteiger charge is -2.18. The van der Waals surface area contributed by atoms with Gasteiger partial charge >= 0.3 is 12.6 Å². The van der Waals surface area contributed by atoms with Gasteiger partial charge in [0, 0.05) is 12.5 Å². The fourth-order valence-electron chi connectivity index (χ4n) is 2.32. The zero-order chi connectivity index (χ0) is 18.2. The highest BCUT2D eigenvalue weighted by molar-refractivity contribution is 7.12. The van der Waals surface area contributed by atoms with Crippen LogP contribution in [0.25, 0.3) is 0 Å². The van der Waals surface area contributed by atoms with Gasteiger partial charge in [0.1, 0.15) is 10.6 Å². The van der Waals surface area contributed by atoms with Gasteiger partial charge in [-0.1, -0.05) is 30.3 Å². The Morgan fingerprint density at radius 2 is 1.92 bits per heavy atom. The number of ether oxygens (including phenoxy) is 1. The van der Waals surface area contributed by atoms with E-state index < -0.39 is 24.5 Å². The minimum atomic E-state index is -3.02. The number of rotatable bonds is 9. The van der Waals surface area contributed by atoms with Gasteiger partial charge in [0.25, 0.3) is 5.91 Å². The van der Waals surface area contributed by atoms with Crippen molar-refractivity contribution in [3.05, 3.63) is 52.2 Å². The number of hydrogen-bond acceptors (Lipinski definition) is 4. The molecule has 0 aliphatic heterocycles. The molecule has 0 saturated carbocycles. The maximum atomic E-state index is 12.4. The predicted molar refractivity (Wildman–Crippen MR) is 89.2 cm³/mol. The number of carbonyl (C=O) groups is 2. The van der Waals surface area contributed by atoms with Crippen LogP contribution >= 0.6 is 11.3 Å². The maximum Gasteiger partial charge on any atom is 0.387 e. The SMILES string of the molecule is O=C(O)CCC(Cc1ccccc1)NC(=O)c1sccc1OC(F)F. The molecule has 2 aromatic rings. The average Bonchev–Trinajstić information content (AvgIpc) is 3.01. The van der Waals surface area contributed by atoms with Crippen molar-refractivity contribution in [3.8, 4) is 5.75 Å². The molecule has 1 aromatic carbocycles. The number of carboxylic acid groups (broad SMARTS) is 1. The number of carboxylic acids is 1. The van der Waals surface area contributed by atoms with E-state index in [4.69, 9.17) is 5.11 Å². The van der Waals surface area contributed by atoms with Crippen molar-refractivity contribution >= 4 is 23.2 Å². The molecule has 2 rings (SSSR count). The Morgan fingerprint density at radius 1 is 1.20 bits per heavy atom. The van der Waals surface area contributed by atoms with E-state index >= 15 is 0 Å². The summed E-state index contributed by atoms with van der Waals surface area (Å²) in [5, 5.41) is 13.1. The Bertz CT molecular complexity index is 706. The third-order valence-corrected chi connectivity index (χ3v) is 4.31. The van der Waals surface area contributed by atoms with E-state index in [-0.39, 0.29) is 23.5 Å². The number of alkyl halides is 2. The van der Waals surface area contributed by atoms with Gasteiger partial charge in [0.2, 0.25) is 0 Å². The summed E-state index contributed by atoms with van der Waals surface area (Å²) in [5.41, 5.74) is 0.938. The smallest absolute Gasteiger partial charge is 0.387 e. The average molecular weight is 369 g/mol. The molecule has 2 N–H and O–H groups in total. The molecule has 0 bridgehead atoms. The van der Waals surface area contributed by atoms with Gasteiger partial charge in [0.05, 0.1) is 0 Å². The first-order chi connectivity index (χ1) is 12.0. The second-order valence-electron chi connectivity index (χ2n) is 5.29. The Balaban J connectivity index is 2.08. The molecule has 1 unspecified atom stereocenters. The lowest BCUT2D eigenvalue weighted by atomic mass is 10.0. The van der Waals surface area contributed by atoms with Crippen molar-refractivity contribution in [1.29, 1.82) is 0 Å². The summed E-state index contributed by atoms with van der Waals surface area (Å²) in [6, 6.07) is 10.2. The van der Waals surface area contributed by atoms with E-state index in [1.54, 1.807) is 0 Å². The molecule has 1 heterocycles. The molecule has 0 radical (unpaired) electrons. The van der Waals surface area contributed by atoms with Gasteiger partial charge in [-0.3, -0.25) is 9.59 Å². The molecule has 0 aliphatic carbocycles. The fourth-order valence-corrected chi connectivity index (χ4v) is 3.05. The van der Waals surface area contributed by atoms with Crippen molar-refractivity contribution in [3.63, 3.8) is 0 Å². The highest BCUT2D eigenvalue weighted by Crippen LogP contribution is 2.26. The van der Waals surface area contributed by atoms with Crippen LogP contribution in [-0.4, -0.2) is 29.6 Å². The quantitative estimate of drug-likeness (QED) is 0.709. The third-order valence-electron chi connectivity index (χ3n) is 3.42. The monoisotopic (exact) mass is 369 g/mol. The highest BCUT2D eigenvalue weighted by Gasteiger charge is 2.21. The number of carbonyl (C=O) groups excluding carboxylic acids is 1. The number of thiophene rings is 1. The summed E-state index contributed by atoms with van der Waals surface area (Å²) in [5.74, 6) is -1.71. The summed E-state index contributed by atoms with van der Waals surface area (Å²) in [6.45, 7) is -3.02. The summed E-state index contributed by atoms with van der Waals surface area (Å²) in [6.07, 6.45) is 0.561. The lowest BCUT2D eigenvalue weighted by Crippen LogP contribution is -2.36. The molecular formula is C17H17F2NO4S. The van der Waals surface area contributed by atoms with Crippen LogP contribution in [0, 0.1) is 0 Å². The first-order valence-electron chi connectivity index (χ1n) is 7.54. The summed E-state index contributed by atoms with van der Waals surface area (Å²) in [4.78, 5) is 23.2.